The second-order valence-corrected chi connectivity index (χ2v) is 13.0. The molecule has 198 valence electrons. The van der Waals surface area contributed by atoms with Gasteiger partial charge in [-0.2, -0.15) is 0 Å². The molecule has 2 aromatic carbocycles. The Balaban J connectivity index is 1.26. The fraction of sp³-hybridized carbons (Fsp3) is 0.571. The summed E-state index contributed by atoms with van der Waals surface area (Å²) < 4.78 is 24.1. The molecular formula is C28H40NO6P. The zero-order valence-corrected chi connectivity index (χ0v) is 21.9. The molecule has 0 aliphatic heterocycles. The zero-order valence-electron chi connectivity index (χ0n) is 21.0. The summed E-state index contributed by atoms with van der Waals surface area (Å²) in [5.74, 6) is 1.42. The summed E-state index contributed by atoms with van der Waals surface area (Å²) in [6, 6.07) is 14.3. The second kappa shape index (κ2) is 12.5. The number of hydrogen-bond acceptors (Lipinski definition) is 6. The molecule has 4 rings (SSSR count). The minimum Gasteiger partial charge on any atom is -0.508 e. The molecule has 0 aromatic heterocycles. The van der Waals surface area contributed by atoms with Crippen molar-refractivity contribution in [3.05, 3.63) is 54.1 Å². The van der Waals surface area contributed by atoms with E-state index < -0.39 is 13.5 Å². The van der Waals surface area contributed by atoms with E-state index in [1.165, 1.54) is 5.56 Å². The molecule has 0 saturated heterocycles. The van der Waals surface area contributed by atoms with E-state index in [1.54, 1.807) is 24.3 Å². The number of aliphatic hydroxyl groups is 1. The van der Waals surface area contributed by atoms with Gasteiger partial charge in [-0.15, -0.1) is 0 Å². The molecule has 0 spiro atoms. The van der Waals surface area contributed by atoms with Crippen molar-refractivity contribution >= 4 is 7.37 Å². The van der Waals surface area contributed by atoms with Crippen molar-refractivity contribution in [2.75, 3.05) is 19.5 Å². The van der Waals surface area contributed by atoms with Gasteiger partial charge in [-0.25, -0.2) is 0 Å². The molecule has 2 unspecified atom stereocenters. The van der Waals surface area contributed by atoms with E-state index in [9.17, 15) is 19.7 Å². The van der Waals surface area contributed by atoms with E-state index in [0.717, 1.165) is 64.2 Å². The normalized spacial score (nSPS) is 20.5. The van der Waals surface area contributed by atoms with Crippen molar-refractivity contribution in [1.82, 2.24) is 5.32 Å². The molecule has 2 aliphatic rings. The highest BCUT2D eigenvalue weighted by molar-refractivity contribution is 7.58. The van der Waals surface area contributed by atoms with Crippen LogP contribution in [-0.4, -0.2) is 51.9 Å². The van der Waals surface area contributed by atoms with Crippen molar-refractivity contribution in [2.24, 2.45) is 0 Å². The zero-order chi connectivity index (χ0) is 25.4. The predicted octanol–water partition coefficient (Wildman–Crippen LogP) is 5.22. The van der Waals surface area contributed by atoms with Crippen LogP contribution in [0.5, 0.6) is 17.2 Å². The van der Waals surface area contributed by atoms with E-state index in [4.69, 9.17) is 9.47 Å². The molecule has 2 atom stereocenters. The highest BCUT2D eigenvalue weighted by atomic mass is 31.2. The quantitative estimate of drug-likeness (QED) is 0.286. The Kier molecular flexibility index (Phi) is 9.35. The number of benzene rings is 2. The van der Waals surface area contributed by atoms with E-state index in [1.807, 2.05) is 24.3 Å². The molecule has 0 heterocycles. The molecule has 2 aromatic rings. The first-order valence-corrected chi connectivity index (χ1v) is 15.1. The van der Waals surface area contributed by atoms with Gasteiger partial charge in [0.25, 0.3) is 0 Å². The first kappa shape index (κ1) is 27.0. The molecule has 0 bridgehead atoms. The lowest BCUT2D eigenvalue weighted by molar-refractivity contribution is 0.0963. The van der Waals surface area contributed by atoms with Crippen LogP contribution in [0, 0.1) is 0 Å². The maximum atomic E-state index is 12.7. The number of nitrogens with one attached hydrogen (secondary N) is 1. The number of hydrogen-bond donors (Lipinski definition) is 4. The van der Waals surface area contributed by atoms with E-state index >= 15 is 0 Å². The monoisotopic (exact) mass is 517 g/mol. The van der Waals surface area contributed by atoms with Crippen LogP contribution >= 0.6 is 7.37 Å². The second-order valence-electron chi connectivity index (χ2n) is 10.5. The number of aliphatic hydroxyl groups excluding tert-OH is 1. The number of phenols is 1. The van der Waals surface area contributed by atoms with Crippen molar-refractivity contribution in [2.45, 2.75) is 81.5 Å². The fourth-order valence-electron chi connectivity index (χ4n) is 5.45. The fourth-order valence-corrected chi connectivity index (χ4v) is 7.16. The van der Waals surface area contributed by atoms with E-state index in [2.05, 4.69) is 5.32 Å². The molecule has 2 saturated carbocycles. The molecule has 2 aliphatic carbocycles. The summed E-state index contributed by atoms with van der Waals surface area (Å²) in [7, 11) is -3.30. The SMILES string of the molecule is O=P(O)(COc1ccc(CC2(NCC(O)COc3ccc(O)cc3)CCCC2)cc1)C1CCCCC1. The van der Waals surface area contributed by atoms with Gasteiger partial charge < -0.3 is 29.9 Å². The molecule has 8 heteroatoms. The van der Waals surface area contributed by atoms with Crippen molar-refractivity contribution in [3.63, 3.8) is 0 Å². The van der Waals surface area contributed by atoms with E-state index in [0.29, 0.717) is 18.0 Å². The summed E-state index contributed by atoms with van der Waals surface area (Å²) in [6.07, 6.45) is 9.34. The van der Waals surface area contributed by atoms with Crippen LogP contribution in [0.25, 0.3) is 0 Å². The number of aromatic hydroxyl groups is 1. The molecule has 0 radical (unpaired) electrons. The third kappa shape index (κ3) is 7.72. The predicted molar refractivity (Wildman–Crippen MR) is 141 cm³/mol. The van der Waals surface area contributed by atoms with Gasteiger partial charge in [0.05, 0.1) is 0 Å². The molecule has 0 amide bonds. The summed E-state index contributed by atoms with van der Waals surface area (Å²) in [6.45, 7) is 0.613. The first-order valence-electron chi connectivity index (χ1n) is 13.2. The highest BCUT2D eigenvalue weighted by Crippen LogP contribution is 2.51. The van der Waals surface area contributed by atoms with Crippen molar-refractivity contribution < 1.29 is 29.1 Å². The van der Waals surface area contributed by atoms with Crippen LogP contribution in [0.4, 0.5) is 0 Å². The summed E-state index contributed by atoms with van der Waals surface area (Å²) in [5.41, 5.74) is 0.982. The largest absolute Gasteiger partial charge is 0.508 e. The van der Waals surface area contributed by atoms with Crippen molar-refractivity contribution in [3.8, 4) is 17.2 Å². The number of rotatable bonds is 12. The average molecular weight is 518 g/mol. The van der Waals surface area contributed by atoms with Gasteiger partial charge in [-0.3, -0.25) is 4.57 Å². The van der Waals surface area contributed by atoms with Gasteiger partial charge in [0.15, 0.2) is 6.35 Å². The maximum Gasteiger partial charge on any atom is 0.239 e. The van der Waals surface area contributed by atoms with E-state index in [-0.39, 0.29) is 29.9 Å². The minimum atomic E-state index is -3.30. The minimum absolute atomic E-state index is 0.0658. The Hall–Kier alpha value is -2.05. The van der Waals surface area contributed by atoms with Gasteiger partial charge in [0.2, 0.25) is 7.37 Å². The highest BCUT2D eigenvalue weighted by Gasteiger charge is 2.34. The Labute approximate surface area is 214 Å². The summed E-state index contributed by atoms with van der Waals surface area (Å²) in [5, 5.41) is 23.4. The van der Waals surface area contributed by atoms with Crippen LogP contribution < -0.4 is 14.8 Å². The molecule has 4 N–H and O–H groups in total. The molecule has 2 fully saturated rings. The van der Waals surface area contributed by atoms with Gasteiger partial charge in [-0.05, 0) is 74.1 Å². The van der Waals surface area contributed by atoms with Crippen LogP contribution in [0.1, 0.15) is 63.4 Å². The Morgan fingerprint density at radius 3 is 2.19 bits per heavy atom. The molecule has 36 heavy (non-hydrogen) atoms. The lowest BCUT2D eigenvalue weighted by atomic mass is 9.89. The third-order valence-corrected chi connectivity index (χ3v) is 9.74. The van der Waals surface area contributed by atoms with Gasteiger partial charge >= 0.3 is 0 Å². The average Bonchev–Trinajstić information content (AvgIpc) is 3.36. The van der Waals surface area contributed by atoms with Crippen LogP contribution in [0.15, 0.2) is 48.5 Å². The first-order chi connectivity index (χ1) is 17.3. The Morgan fingerprint density at radius 1 is 0.917 bits per heavy atom. The standard InChI is InChI=1S/C28H40NO6P/c30-23-10-14-25(15-11-23)34-20-24(31)19-29-28(16-4-5-17-28)18-22-8-12-26(13-9-22)35-21-36(32,33)27-6-2-1-3-7-27/h8-15,24,27,29-31H,1-7,16-21H2,(H,32,33). The van der Waals surface area contributed by atoms with Crippen LogP contribution in [0.3, 0.4) is 0 Å². The molecular weight excluding hydrogens is 477 g/mol. The van der Waals surface area contributed by atoms with Crippen LogP contribution in [0.2, 0.25) is 0 Å². The third-order valence-electron chi connectivity index (χ3n) is 7.58. The lowest BCUT2D eigenvalue weighted by Crippen LogP contribution is -2.48. The number of phenolic OH excluding ortho intramolecular Hbond substituents is 1. The number of ether oxygens (including phenoxy) is 2. The topological polar surface area (TPSA) is 108 Å². The molecule has 7 nitrogen and oxygen atoms in total. The Bertz CT molecular complexity index is 984. The van der Waals surface area contributed by atoms with Gasteiger partial charge in [0, 0.05) is 17.7 Å². The van der Waals surface area contributed by atoms with Gasteiger partial charge in [0.1, 0.15) is 30.0 Å². The van der Waals surface area contributed by atoms with Crippen LogP contribution in [-0.2, 0) is 11.0 Å². The van der Waals surface area contributed by atoms with Crippen molar-refractivity contribution in [1.29, 1.82) is 0 Å². The summed E-state index contributed by atoms with van der Waals surface area (Å²) >= 11 is 0. The smallest absolute Gasteiger partial charge is 0.239 e. The number of β-amino-alcohol motifs (C(OH)–C–C–N with tert-alkyl or cyclic N) is 1. The Morgan fingerprint density at radius 2 is 1.53 bits per heavy atom. The lowest BCUT2D eigenvalue weighted by Gasteiger charge is -2.32. The maximum absolute atomic E-state index is 12.7. The summed E-state index contributed by atoms with van der Waals surface area (Å²) in [4.78, 5) is 10.5. The van der Waals surface area contributed by atoms with Gasteiger partial charge in [-0.1, -0.05) is 44.2 Å².